The quantitative estimate of drug-likeness (QED) is 0.763. The average molecular weight is 317 g/mol. The third-order valence-electron chi connectivity index (χ3n) is 3.30. The Kier molecular flexibility index (Phi) is 5.76. The van der Waals surface area contributed by atoms with Gasteiger partial charge in [0.1, 0.15) is 5.76 Å². The molecular formula is C17H23N3O3. The number of nitrogens with one attached hydrogen (secondary N) is 2. The zero-order chi connectivity index (χ0) is 16.8. The van der Waals surface area contributed by atoms with Crippen LogP contribution in [0.25, 0.3) is 11.5 Å². The first kappa shape index (κ1) is 17.0. The number of nitrogens with zero attached hydrogens (tertiary/aromatic N) is 1. The molecule has 0 aliphatic heterocycles. The molecule has 0 aliphatic carbocycles. The molecule has 23 heavy (non-hydrogen) atoms. The highest BCUT2D eigenvalue weighted by atomic mass is 16.4. The molecule has 0 radical (unpaired) electrons. The fraction of sp³-hybridized carbons (Fsp3) is 0.412. The number of aryl methyl sites for hydroxylation is 1. The van der Waals surface area contributed by atoms with Gasteiger partial charge in [0.15, 0.2) is 0 Å². The van der Waals surface area contributed by atoms with Crippen molar-refractivity contribution < 1.29 is 14.3 Å². The van der Waals surface area contributed by atoms with Gasteiger partial charge in [-0.25, -0.2) is 9.78 Å². The molecule has 2 aromatic rings. The number of oxazole rings is 1. The fourth-order valence-corrected chi connectivity index (χ4v) is 2.32. The van der Waals surface area contributed by atoms with E-state index in [4.69, 9.17) is 4.42 Å². The van der Waals surface area contributed by atoms with Gasteiger partial charge in [0.25, 0.3) is 0 Å². The largest absolute Gasteiger partial charge is 0.441 e. The van der Waals surface area contributed by atoms with Crippen LogP contribution in [0.3, 0.4) is 0 Å². The van der Waals surface area contributed by atoms with Crippen LogP contribution in [-0.4, -0.2) is 28.8 Å². The summed E-state index contributed by atoms with van der Waals surface area (Å²) in [6.07, 6.45) is 2.37. The molecule has 0 saturated heterocycles. The molecule has 1 unspecified atom stereocenters. The van der Waals surface area contributed by atoms with E-state index in [0.29, 0.717) is 17.5 Å². The number of hydrogen-bond acceptors (Lipinski definition) is 4. The van der Waals surface area contributed by atoms with Gasteiger partial charge in [-0.05, 0) is 37.5 Å². The molecule has 6 nitrogen and oxygen atoms in total. The number of aliphatic hydroxyl groups excluding tert-OH is 1. The van der Waals surface area contributed by atoms with Crippen LogP contribution in [0.1, 0.15) is 26.0 Å². The Bertz CT molecular complexity index is 652. The number of aliphatic hydroxyl groups is 1. The smallest absolute Gasteiger partial charge is 0.319 e. The zero-order valence-electron chi connectivity index (χ0n) is 13.7. The monoisotopic (exact) mass is 317 g/mol. The number of aromatic nitrogens is 1. The number of rotatable bonds is 6. The number of hydrogen-bond donors (Lipinski definition) is 3. The van der Waals surface area contributed by atoms with E-state index in [1.54, 1.807) is 18.3 Å². The van der Waals surface area contributed by atoms with E-state index in [9.17, 15) is 9.90 Å². The Morgan fingerprint density at radius 1 is 1.39 bits per heavy atom. The lowest BCUT2D eigenvalue weighted by molar-refractivity contribution is 0.214. The van der Waals surface area contributed by atoms with Gasteiger partial charge in [-0.2, -0.15) is 0 Å². The van der Waals surface area contributed by atoms with E-state index in [2.05, 4.69) is 15.6 Å². The summed E-state index contributed by atoms with van der Waals surface area (Å²) < 4.78 is 5.48. The molecule has 0 bridgehead atoms. The van der Waals surface area contributed by atoms with Crippen LogP contribution in [-0.2, 0) is 0 Å². The summed E-state index contributed by atoms with van der Waals surface area (Å²) in [5.41, 5.74) is 1.42. The van der Waals surface area contributed by atoms with Crippen molar-refractivity contribution in [1.29, 1.82) is 0 Å². The minimum absolute atomic E-state index is 0.0821. The Morgan fingerprint density at radius 2 is 2.17 bits per heavy atom. The lowest BCUT2D eigenvalue weighted by Gasteiger charge is -2.18. The Hall–Kier alpha value is -2.34. The molecule has 2 amide bonds. The first-order valence-electron chi connectivity index (χ1n) is 7.69. The molecule has 0 saturated carbocycles. The van der Waals surface area contributed by atoms with E-state index in [1.165, 1.54) is 0 Å². The summed E-state index contributed by atoms with van der Waals surface area (Å²) in [5, 5.41) is 14.9. The maximum atomic E-state index is 12.0. The van der Waals surface area contributed by atoms with E-state index in [-0.39, 0.29) is 18.7 Å². The molecule has 0 spiro atoms. The molecule has 1 aromatic carbocycles. The zero-order valence-corrected chi connectivity index (χ0v) is 13.7. The number of amides is 2. The van der Waals surface area contributed by atoms with Crippen molar-refractivity contribution in [1.82, 2.24) is 10.3 Å². The van der Waals surface area contributed by atoms with Crippen molar-refractivity contribution in [3.63, 3.8) is 0 Å². The minimum Gasteiger partial charge on any atom is -0.441 e. The maximum absolute atomic E-state index is 12.0. The highest BCUT2D eigenvalue weighted by Crippen LogP contribution is 2.22. The third-order valence-corrected chi connectivity index (χ3v) is 3.30. The van der Waals surface area contributed by atoms with Gasteiger partial charge in [0.05, 0.1) is 18.8 Å². The van der Waals surface area contributed by atoms with Crippen molar-refractivity contribution in [3.8, 4) is 11.5 Å². The summed E-state index contributed by atoms with van der Waals surface area (Å²) in [5.74, 6) is 1.64. The Balaban J connectivity index is 2.01. The van der Waals surface area contributed by atoms with Crippen LogP contribution in [0.5, 0.6) is 0 Å². The first-order chi connectivity index (χ1) is 11.0. The fourth-order valence-electron chi connectivity index (χ4n) is 2.32. The van der Waals surface area contributed by atoms with Crippen molar-refractivity contribution in [2.75, 3.05) is 11.9 Å². The predicted octanol–water partition coefficient (Wildman–Crippen LogP) is 3.18. The first-order valence-corrected chi connectivity index (χ1v) is 7.69. The molecule has 124 valence electrons. The van der Waals surface area contributed by atoms with Gasteiger partial charge < -0.3 is 20.2 Å². The van der Waals surface area contributed by atoms with Crippen LogP contribution in [0.4, 0.5) is 10.5 Å². The summed E-state index contributed by atoms with van der Waals surface area (Å²) in [7, 11) is 0. The van der Waals surface area contributed by atoms with Gasteiger partial charge in [0, 0.05) is 11.3 Å². The molecule has 2 rings (SSSR count). The number of carbonyl (C=O) groups is 1. The third kappa shape index (κ3) is 5.10. The van der Waals surface area contributed by atoms with E-state index >= 15 is 0 Å². The van der Waals surface area contributed by atoms with Gasteiger partial charge in [-0.3, -0.25) is 0 Å². The Morgan fingerprint density at radius 3 is 2.78 bits per heavy atom. The van der Waals surface area contributed by atoms with Gasteiger partial charge >= 0.3 is 6.03 Å². The number of anilines is 1. The maximum Gasteiger partial charge on any atom is 0.319 e. The van der Waals surface area contributed by atoms with Crippen LogP contribution in [0, 0.1) is 12.8 Å². The Labute approximate surface area is 135 Å². The molecule has 0 aliphatic rings. The lowest BCUT2D eigenvalue weighted by atomic mass is 10.0. The van der Waals surface area contributed by atoms with Gasteiger partial charge in [-0.15, -0.1) is 0 Å². The number of carbonyl (C=O) groups excluding carboxylic acids is 1. The molecule has 0 fully saturated rings. The standard InChI is InChI=1S/C17H23N3O3/c1-11(2)7-15(10-21)20-17(22)19-14-6-4-5-13(8-14)16-18-9-12(3)23-16/h4-6,8-9,11,15,21H,7,10H2,1-3H3,(H2,19,20,22). The van der Waals surface area contributed by atoms with E-state index in [1.807, 2.05) is 32.9 Å². The highest BCUT2D eigenvalue weighted by Gasteiger charge is 2.13. The molecule has 1 atom stereocenters. The summed E-state index contributed by atoms with van der Waals surface area (Å²) >= 11 is 0. The van der Waals surface area contributed by atoms with Crippen LogP contribution in [0.15, 0.2) is 34.9 Å². The predicted molar refractivity (Wildman–Crippen MR) is 89.2 cm³/mol. The summed E-state index contributed by atoms with van der Waals surface area (Å²) in [6, 6.07) is 6.67. The van der Waals surface area contributed by atoms with E-state index in [0.717, 1.165) is 17.7 Å². The highest BCUT2D eigenvalue weighted by molar-refractivity contribution is 5.90. The van der Waals surface area contributed by atoms with Crippen LogP contribution >= 0.6 is 0 Å². The van der Waals surface area contributed by atoms with Crippen LogP contribution < -0.4 is 10.6 Å². The molecule has 3 N–H and O–H groups in total. The normalized spacial score (nSPS) is 12.2. The van der Waals surface area contributed by atoms with Crippen molar-refractivity contribution in [2.24, 2.45) is 5.92 Å². The molecule has 6 heteroatoms. The van der Waals surface area contributed by atoms with E-state index < -0.39 is 0 Å². The van der Waals surface area contributed by atoms with Gasteiger partial charge in [0.2, 0.25) is 5.89 Å². The van der Waals surface area contributed by atoms with Crippen molar-refractivity contribution >= 4 is 11.7 Å². The molecular weight excluding hydrogens is 294 g/mol. The van der Waals surface area contributed by atoms with Gasteiger partial charge in [-0.1, -0.05) is 19.9 Å². The van der Waals surface area contributed by atoms with Crippen molar-refractivity contribution in [3.05, 3.63) is 36.2 Å². The number of urea groups is 1. The second kappa shape index (κ2) is 7.78. The second-order valence-corrected chi connectivity index (χ2v) is 5.96. The lowest BCUT2D eigenvalue weighted by Crippen LogP contribution is -2.40. The molecule has 1 heterocycles. The summed E-state index contributed by atoms with van der Waals surface area (Å²) in [4.78, 5) is 16.2. The minimum atomic E-state index is -0.342. The average Bonchev–Trinajstić information content (AvgIpc) is 2.93. The number of benzene rings is 1. The van der Waals surface area contributed by atoms with Crippen LogP contribution in [0.2, 0.25) is 0 Å². The van der Waals surface area contributed by atoms with Crippen molar-refractivity contribution in [2.45, 2.75) is 33.2 Å². The second-order valence-electron chi connectivity index (χ2n) is 5.96. The SMILES string of the molecule is Cc1cnc(-c2cccc(NC(=O)NC(CO)CC(C)C)c2)o1. The molecule has 1 aromatic heterocycles. The topological polar surface area (TPSA) is 87.4 Å². The summed E-state index contributed by atoms with van der Waals surface area (Å²) in [6.45, 7) is 5.84.